The molecule has 0 unspecified atom stereocenters. The summed E-state index contributed by atoms with van der Waals surface area (Å²) in [5, 5.41) is 7.09. The lowest BCUT2D eigenvalue weighted by Gasteiger charge is -2.09. The van der Waals surface area contributed by atoms with Crippen LogP contribution in [0.25, 0.3) is 0 Å². The molecule has 0 radical (unpaired) electrons. The van der Waals surface area contributed by atoms with Gasteiger partial charge in [-0.1, -0.05) is 13.3 Å². The first-order valence-corrected chi connectivity index (χ1v) is 8.52. The molecule has 0 aliphatic carbocycles. The van der Waals surface area contributed by atoms with Crippen molar-refractivity contribution in [3.63, 3.8) is 0 Å². The zero-order valence-corrected chi connectivity index (χ0v) is 16.0. The number of carbonyl (C=O) groups is 1. The standard InChI is InChI=1S/C13H16Br3N3O/c1-3-4-8(2)18-19-13(20)7-17-12-6-10(15)9(14)5-11(12)16/h5-6,17H,3-4,7H2,1-2H3,(H,19,20)/b18-8+. The van der Waals surface area contributed by atoms with Gasteiger partial charge in [0.2, 0.25) is 0 Å². The Morgan fingerprint density at radius 1 is 1.20 bits per heavy atom. The Balaban J connectivity index is 2.53. The smallest absolute Gasteiger partial charge is 0.259 e. The minimum atomic E-state index is -0.175. The van der Waals surface area contributed by atoms with E-state index in [9.17, 15) is 4.79 Å². The zero-order valence-electron chi connectivity index (χ0n) is 11.3. The third kappa shape index (κ3) is 5.93. The average Bonchev–Trinajstić information content (AvgIpc) is 2.39. The number of hydrogen-bond donors (Lipinski definition) is 2. The van der Waals surface area contributed by atoms with E-state index in [0.29, 0.717) is 0 Å². The summed E-state index contributed by atoms with van der Waals surface area (Å²) in [6.45, 7) is 4.14. The van der Waals surface area contributed by atoms with Crippen molar-refractivity contribution in [2.24, 2.45) is 5.10 Å². The minimum Gasteiger partial charge on any atom is -0.375 e. The summed E-state index contributed by atoms with van der Waals surface area (Å²) in [5.41, 5.74) is 4.30. The van der Waals surface area contributed by atoms with Crippen LogP contribution in [-0.4, -0.2) is 18.2 Å². The normalized spacial score (nSPS) is 11.3. The summed E-state index contributed by atoms with van der Waals surface area (Å²) in [7, 11) is 0. The molecule has 1 rings (SSSR count). The molecule has 1 amide bonds. The van der Waals surface area contributed by atoms with E-state index in [-0.39, 0.29) is 12.5 Å². The number of amides is 1. The molecule has 1 aromatic carbocycles. The van der Waals surface area contributed by atoms with Crippen molar-refractivity contribution in [2.45, 2.75) is 26.7 Å². The summed E-state index contributed by atoms with van der Waals surface area (Å²) >= 11 is 10.3. The summed E-state index contributed by atoms with van der Waals surface area (Å²) in [6, 6.07) is 3.81. The van der Waals surface area contributed by atoms with Crippen molar-refractivity contribution in [3.05, 3.63) is 25.6 Å². The van der Waals surface area contributed by atoms with E-state index in [1.165, 1.54) is 0 Å². The topological polar surface area (TPSA) is 53.5 Å². The van der Waals surface area contributed by atoms with E-state index in [0.717, 1.165) is 37.7 Å². The fourth-order valence-corrected chi connectivity index (χ4v) is 2.93. The molecule has 0 fully saturated rings. The Hall–Kier alpha value is -0.400. The fourth-order valence-electron chi connectivity index (χ4n) is 1.45. The van der Waals surface area contributed by atoms with Crippen molar-refractivity contribution in [1.29, 1.82) is 0 Å². The Kier molecular flexibility index (Phi) is 7.76. The van der Waals surface area contributed by atoms with Gasteiger partial charge in [-0.3, -0.25) is 4.79 Å². The second kappa shape index (κ2) is 8.79. The Bertz CT molecular complexity index is 518. The van der Waals surface area contributed by atoms with E-state index < -0.39 is 0 Å². The molecule has 0 saturated carbocycles. The van der Waals surface area contributed by atoms with Crippen LogP contribution in [0.1, 0.15) is 26.7 Å². The zero-order chi connectivity index (χ0) is 15.1. The molecule has 0 aliphatic rings. The van der Waals surface area contributed by atoms with Gasteiger partial charge in [0.25, 0.3) is 5.91 Å². The van der Waals surface area contributed by atoms with Gasteiger partial charge in [-0.05, 0) is 73.3 Å². The molecule has 0 aliphatic heterocycles. The lowest BCUT2D eigenvalue weighted by Crippen LogP contribution is -2.26. The molecular weight excluding hydrogens is 454 g/mol. The largest absolute Gasteiger partial charge is 0.375 e. The summed E-state index contributed by atoms with van der Waals surface area (Å²) in [4.78, 5) is 11.7. The van der Waals surface area contributed by atoms with Crippen LogP contribution in [0.3, 0.4) is 0 Å². The molecule has 0 bridgehead atoms. The van der Waals surface area contributed by atoms with E-state index >= 15 is 0 Å². The van der Waals surface area contributed by atoms with Crippen molar-refractivity contribution in [3.8, 4) is 0 Å². The highest BCUT2D eigenvalue weighted by molar-refractivity contribution is 9.13. The number of nitrogens with zero attached hydrogens (tertiary/aromatic N) is 1. The molecule has 7 heteroatoms. The summed E-state index contributed by atoms with van der Waals surface area (Å²) in [6.07, 6.45) is 1.90. The summed E-state index contributed by atoms with van der Waals surface area (Å²) < 4.78 is 2.74. The molecule has 20 heavy (non-hydrogen) atoms. The highest BCUT2D eigenvalue weighted by Crippen LogP contribution is 2.32. The molecule has 110 valence electrons. The molecule has 2 N–H and O–H groups in total. The van der Waals surface area contributed by atoms with Crippen LogP contribution in [0, 0.1) is 0 Å². The molecule has 0 aromatic heterocycles. The number of rotatable bonds is 6. The fraction of sp³-hybridized carbons (Fsp3) is 0.385. The van der Waals surface area contributed by atoms with Crippen molar-refractivity contribution >= 4 is 65.1 Å². The van der Waals surface area contributed by atoms with Gasteiger partial charge in [-0.25, -0.2) is 5.43 Å². The highest BCUT2D eigenvalue weighted by atomic mass is 79.9. The van der Waals surface area contributed by atoms with Crippen LogP contribution in [0.5, 0.6) is 0 Å². The minimum absolute atomic E-state index is 0.162. The Morgan fingerprint density at radius 2 is 1.85 bits per heavy atom. The molecular formula is C13H16Br3N3O. The first-order valence-electron chi connectivity index (χ1n) is 6.14. The second-order valence-corrected chi connectivity index (χ2v) is 6.79. The number of carbonyl (C=O) groups excluding carboxylic acids is 1. The van der Waals surface area contributed by atoms with Crippen molar-refractivity contribution in [2.75, 3.05) is 11.9 Å². The quantitative estimate of drug-likeness (QED) is 0.361. The van der Waals surface area contributed by atoms with Crippen molar-refractivity contribution in [1.82, 2.24) is 5.43 Å². The van der Waals surface area contributed by atoms with Crippen LogP contribution < -0.4 is 10.7 Å². The van der Waals surface area contributed by atoms with E-state index in [2.05, 4.69) is 70.6 Å². The van der Waals surface area contributed by atoms with Gasteiger partial charge in [0.1, 0.15) is 0 Å². The van der Waals surface area contributed by atoms with Gasteiger partial charge in [-0.15, -0.1) is 0 Å². The molecule has 0 heterocycles. The number of halogens is 3. The maximum absolute atomic E-state index is 11.7. The predicted molar refractivity (Wildman–Crippen MR) is 94.2 cm³/mol. The maximum Gasteiger partial charge on any atom is 0.259 e. The molecule has 4 nitrogen and oxygen atoms in total. The van der Waals surface area contributed by atoms with Gasteiger partial charge in [0.05, 0.1) is 12.2 Å². The Morgan fingerprint density at radius 3 is 2.50 bits per heavy atom. The van der Waals surface area contributed by atoms with Crippen LogP contribution in [0.15, 0.2) is 30.7 Å². The number of nitrogens with one attached hydrogen (secondary N) is 2. The van der Waals surface area contributed by atoms with Crippen LogP contribution >= 0.6 is 47.8 Å². The van der Waals surface area contributed by atoms with Crippen LogP contribution in [-0.2, 0) is 4.79 Å². The average molecular weight is 470 g/mol. The van der Waals surface area contributed by atoms with Gasteiger partial charge in [0.15, 0.2) is 0 Å². The molecule has 0 saturated heterocycles. The van der Waals surface area contributed by atoms with Crippen molar-refractivity contribution < 1.29 is 4.79 Å². The molecule has 1 aromatic rings. The first kappa shape index (κ1) is 17.7. The van der Waals surface area contributed by atoms with Gasteiger partial charge in [-0.2, -0.15) is 5.10 Å². The SMILES string of the molecule is CCC/C(C)=N/NC(=O)CNc1cc(Br)c(Br)cc1Br. The monoisotopic (exact) mass is 467 g/mol. The third-order valence-corrected chi connectivity index (χ3v) is 4.93. The number of hydrogen-bond acceptors (Lipinski definition) is 3. The van der Waals surface area contributed by atoms with E-state index in [1.54, 1.807) is 0 Å². The van der Waals surface area contributed by atoms with Gasteiger partial charge in [0, 0.05) is 19.1 Å². The molecule has 0 spiro atoms. The van der Waals surface area contributed by atoms with Gasteiger partial charge >= 0.3 is 0 Å². The molecule has 0 atom stereocenters. The lowest BCUT2D eigenvalue weighted by atomic mass is 10.2. The third-order valence-electron chi connectivity index (χ3n) is 2.43. The summed E-state index contributed by atoms with van der Waals surface area (Å²) in [5.74, 6) is -0.175. The first-order chi connectivity index (χ1) is 9.43. The number of benzene rings is 1. The van der Waals surface area contributed by atoms with Crippen LogP contribution in [0.2, 0.25) is 0 Å². The maximum atomic E-state index is 11.7. The predicted octanol–water partition coefficient (Wildman–Crippen LogP) is 4.68. The Labute approximate surface area is 144 Å². The lowest BCUT2D eigenvalue weighted by molar-refractivity contribution is -0.119. The number of anilines is 1. The van der Waals surface area contributed by atoms with E-state index in [1.807, 2.05) is 19.1 Å². The van der Waals surface area contributed by atoms with Gasteiger partial charge < -0.3 is 5.32 Å². The number of hydrazone groups is 1. The van der Waals surface area contributed by atoms with E-state index in [4.69, 9.17) is 0 Å². The second-order valence-electron chi connectivity index (χ2n) is 4.23. The van der Waals surface area contributed by atoms with Crippen LogP contribution in [0.4, 0.5) is 5.69 Å². The highest BCUT2D eigenvalue weighted by Gasteiger charge is 2.06.